The summed E-state index contributed by atoms with van der Waals surface area (Å²) in [6, 6.07) is 22.4. The molecule has 0 atom stereocenters. The van der Waals surface area contributed by atoms with E-state index in [9.17, 15) is 9.59 Å². The molecule has 0 fully saturated rings. The second kappa shape index (κ2) is 9.15. The van der Waals surface area contributed by atoms with Gasteiger partial charge in [0.25, 0.3) is 11.8 Å². The number of carbonyl (C=O) groups is 2. The van der Waals surface area contributed by atoms with E-state index in [1.807, 2.05) is 54.6 Å². The molecule has 0 aliphatic rings. The lowest BCUT2D eigenvalue weighted by Crippen LogP contribution is -2.27. The molecule has 2 amide bonds. The topological polar surface area (TPSA) is 62.3 Å². The first kappa shape index (κ1) is 20.3. The van der Waals surface area contributed by atoms with Crippen LogP contribution >= 0.6 is 0 Å². The Labute approximate surface area is 171 Å². The highest BCUT2D eigenvalue weighted by Crippen LogP contribution is 2.24. The molecule has 0 aliphatic heterocycles. The number of pyridine rings is 1. The van der Waals surface area contributed by atoms with Gasteiger partial charge in [-0.05, 0) is 35.2 Å². The van der Waals surface area contributed by atoms with Gasteiger partial charge < -0.3 is 10.2 Å². The monoisotopic (exact) mass is 387 g/mol. The molecule has 148 valence electrons. The van der Waals surface area contributed by atoms with Crippen molar-refractivity contribution in [3.63, 3.8) is 0 Å². The number of amides is 2. The molecule has 0 saturated heterocycles. The third-order valence-corrected chi connectivity index (χ3v) is 4.64. The van der Waals surface area contributed by atoms with Crippen LogP contribution in [0.2, 0.25) is 0 Å². The molecular weight excluding hydrogens is 362 g/mol. The van der Waals surface area contributed by atoms with E-state index >= 15 is 0 Å². The molecule has 0 unspecified atom stereocenters. The van der Waals surface area contributed by atoms with Gasteiger partial charge in [0, 0.05) is 19.3 Å². The summed E-state index contributed by atoms with van der Waals surface area (Å²) >= 11 is 0. The zero-order valence-electron chi connectivity index (χ0n) is 16.9. The first-order chi connectivity index (χ1) is 14.0. The minimum absolute atomic E-state index is 0.211. The van der Waals surface area contributed by atoms with Crippen LogP contribution in [0.1, 0.15) is 51.9 Å². The number of benzene rings is 2. The highest BCUT2D eigenvalue weighted by Gasteiger charge is 2.17. The molecule has 29 heavy (non-hydrogen) atoms. The number of carbonyl (C=O) groups excluding carboxylic acids is 2. The predicted molar refractivity (Wildman–Crippen MR) is 115 cm³/mol. The van der Waals surface area contributed by atoms with Gasteiger partial charge in [-0.1, -0.05) is 68.4 Å². The van der Waals surface area contributed by atoms with Gasteiger partial charge in [-0.15, -0.1) is 0 Å². The number of anilines is 1. The lowest BCUT2D eigenvalue weighted by Gasteiger charge is -2.17. The molecule has 3 rings (SSSR count). The van der Waals surface area contributed by atoms with Gasteiger partial charge in [-0.3, -0.25) is 9.59 Å². The highest BCUT2D eigenvalue weighted by atomic mass is 16.2. The molecule has 1 N–H and O–H groups in total. The van der Waals surface area contributed by atoms with Crippen LogP contribution in [-0.4, -0.2) is 28.7 Å². The second-order valence-corrected chi connectivity index (χ2v) is 7.25. The first-order valence-corrected chi connectivity index (χ1v) is 9.62. The molecule has 0 spiro atoms. The van der Waals surface area contributed by atoms with Crippen LogP contribution in [0.5, 0.6) is 0 Å². The molecule has 0 bridgehead atoms. The number of nitrogens with zero attached hydrogens (tertiary/aromatic N) is 2. The van der Waals surface area contributed by atoms with E-state index in [4.69, 9.17) is 0 Å². The number of aromatic nitrogens is 1. The summed E-state index contributed by atoms with van der Waals surface area (Å²) in [7, 11) is 1.72. The number of para-hydroxylation sites is 1. The van der Waals surface area contributed by atoms with Crippen LogP contribution in [0.4, 0.5) is 5.69 Å². The Kier molecular flexibility index (Phi) is 6.39. The normalized spacial score (nSPS) is 10.6. The minimum Gasteiger partial charge on any atom is -0.336 e. The van der Waals surface area contributed by atoms with Gasteiger partial charge >= 0.3 is 0 Å². The Bertz CT molecular complexity index is 1000. The fraction of sp³-hybridized carbons (Fsp3) is 0.208. The molecule has 0 aliphatic carbocycles. The van der Waals surface area contributed by atoms with E-state index in [1.54, 1.807) is 30.1 Å². The van der Waals surface area contributed by atoms with Crippen LogP contribution < -0.4 is 5.32 Å². The zero-order chi connectivity index (χ0) is 20.8. The van der Waals surface area contributed by atoms with Crippen molar-refractivity contribution in [3.05, 3.63) is 95.3 Å². The summed E-state index contributed by atoms with van der Waals surface area (Å²) in [4.78, 5) is 31.4. The molecule has 0 radical (unpaired) electrons. The number of rotatable bonds is 6. The van der Waals surface area contributed by atoms with Gasteiger partial charge in [-0.25, -0.2) is 4.98 Å². The fourth-order valence-corrected chi connectivity index (χ4v) is 3.11. The van der Waals surface area contributed by atoms with Crippen molar-refractivity contribution in [2.75, 3.05) is 12.4 Å². The Morgan fingerprint density at radius 2 is 1.55 bits per heavy atom. The summed E-state index contributed by atoms with van der Waals surface area (Å²) in [6.45, 7) is 4.62. The number of nitrogens with one attached hydrogen (secondary N) is 1. The summed E-state index contributed by atoms with van der Waals surface area (Å²) in [5.74, 6) is -0.288. The van der Waals surface area contributed by atoms with Crippen LogP contribution in [0.25, 0.3) is 0 Å². The molecule has 1 heterocycles. The van der Waals surface area contributed by atoms with Crippen molar-refractivity contribution >= 4 is 17.5 Å². The van der Waals surface area contributed by atoms with Crippen molar-refractivity contribution in [2.24, 2.45) is 0 Å². The molecular formula is C24H25N3O2. The van der Waals surface area contributed by atoms with Gasteiger partial charge in [0.2, 0.25) is 0 Å². The van der Waals surface area contributed by atoms with Crippen LogP contribution in [0, 0.1) is 0 Å². The van der Waals surface area contributed by atoms with Crippen molar-refractivity contribution in [1.82, 2.24) is 9.88 Å². The standard InChI is InChI=1S/C24H25N3O2/c1-17(2)19-12-7-8-13-20(19)26-23(28)21-14-9-15-22(25-21)24(29)27(3)16-18-10-5-4-6-11-18/h4-15,17H,16H2,1-3H3,(H,26,28). The zero-order valence-corrected chi connectivity index (χ0v) is 16.9. The van der Waals surface area contributed by atoms with Gasteiger partial charge in [-0.2, -0.15) is 0 Å². The Balaban J connectivity index is 1.75. The van der Waals surface area contributed by atoms with Crippen molar-refractivity contribution in [3.8, 4) is 0 Å². The van der Waals surface area contributed by atoms with E-state index < -0.39 is 0 Å². The predicted octanol–water partition coefficient (Wildman–Crippen LogP) is 4.73. The maximum atomic E-state index is 12.8. The average molecular weight is 387 g/mol. The molecule has 3 aromatic rings. The second-order valence-electron chi connectivity index (χ2n) is 7.25. The summed E-state index contributed by atoms with van der Waals surface area (Å²) in [5.41, 5.74) is 3.29. The lowest BCUT2D eigenvalue weighted by molar-refractivity contribution is 0.0779. The van der Waals surface area contributed by atoms with Crippen LogP contribution in [0.3, 0.4) is 0 Å². The minimum atomic E-state index is -0.335. The van der Waals surface area contributed by atoms with Gasteiger partial charge in [0.15, 0.2) is 0 Å². The Morgan fingerprint density at radius 3 is 2.28 bits per heavy atom. The van der Waals surface area contributed by atoms with Crippen molar-refractivity contribution in [1.29, 1.82) is 0 Å². The van der Waals surface area contributed by atoms with E-state index in [0.29, 0.717) is 6.54 Å². The maximum absolute atomic E-state index is 12.8. The molecule has 5 heteroatoms. The maximum Gasteiger partial charge on any atom is 0.274 e. The fourth-order valence-electron chi connectivity index (χ4n) is 3.11. The Morgan fingerprint density at radius 1 is 0.897 bits per heavy atom. The van der Waals surface area contributed by atoms with E-state index in [1.165, 1.54) is 0 Å². The van der Waals surface area contributed by atoms with Crippen molar-refractivity contribution in [2.45, 2.75) is 26.3 Å². The lowest BCUT2D eigenvalue weighted by atomic mass is 10.0. The third kappa shape index (κ3) is 5.08. The molecule has 2 aromatic carbocycles. The average Bonchev–Trinajstić information content (AvgIpc) is 2.74. The van der Waals surface area contributed by atoms with Crippen LogP contribution in [-0.2, 0) is 6.54 Å². The number of hydrogen-bond acceptors (Lipinski definition) is 3. The molecule has 5 nitrogen and oxygen atoms in total. The quantitative estimate of drug-likeness (QED) is 0.665. The van der Waals surface area contributed by atoms with E-state index in [2.05, 4.69) is 24.1 Å². The van der Waals surface area contributed by atoms with E-state index in [-0.39, 0.29) is 29.1 Å². The number of hydrogen-bond donors (Lipinski definition) is 1. The van der Waals surface area contributed by atoms with Gasteiger partial charge in [0.05, 0.1) is 0 Å². The smallest absolute Gasteiger partial charge is 0.274 e. The molecule has 1 aromatic heterocycles. The van der Waals surface area contributed by atoms with Crippen LogP contribution in [0.15, 0.2) is 72.8 Å². The summed E-state index contributed by atoms with van der Waals surface area (Å²) in [6.07, 6.45) is 0. The summed E-state index contributed by atoms with van der Waals surface area (Å²) in [5, 5.41) is 2.92. The third-order valence-electron chi connectivity index (χ3n) is 4.64. The largest absolute Gasteiger partial charge is 0.336 e. The SMILES string of the molecule is CC(C)c1ccccc1NC(=O)c1cccc(C(=O)N(C)Cc2ccccc2)n1. The van der Waals surface area contributed by atoms with Crippen molar-refractivity contribution < 1.29 is 9.59 Å². The summed E-state index contributed by atoms with van der Waals surface area (Å²) < 4.78 is 0. The Hall–Kier alpha value is -3.47. The highest BCUT2D eigenvalue weighted by molar-refractivity contribution is 6.04. The van der Waals surface area contributed by atoms with E-state index in [0.717, 1.165) is 16.8 Å². The van der Waals surface area contributed by atoms with Gasteiger partial charge in [0.1, 0.15) is 11.4 Å². The molecule has 0 saturated carbocycles. The first-order valence-electron chi connectivity index (χ1n) is 9.62.